The molecule has 0 aliphatic heterocycles. The first-order valence-electron chi connectivity index (χ1n) is 6.87. The van der Waals surface area contributed by atoms with Crippen LogP contribution in [-0.2, 0) is 0 Å². The molecule has 21 heavy (non-hydrogen) atoms. The molecule has 0 saturated heterocycles. The molecule has 2 rings (SSSR count). The summed E-state index contributed by atoms with van der Waals surface area (Å²) in [6.45, 7) is 7.08. The van der Waals surface area contributed by atoms with E-state index < -0.39 is 0 Å². The summed E-state index contributed by atoms with van der Waals surface area (Å²) in [6.07, 6.45) is 1.70. The maximum absolute atomic E-state index is 6.38. The molecule has 1 N–H and O–H groups in total. The van der Waals surface area contributed by atoms with Crippen molar-refractivity contribution in [2.75, 3.05) is 6.54 Å². The fourth-order valence-corrected chi connectivity index (χ4v) is 3.05. The van der Waals surface area contributed by atoms with Gasteiger partial charge in [-0.2, -0.15) is 5.10 Å². The van der Waals surface area contributed by atoms with Gasteiger partial charge >= 0.3 is 0 Å². The molecule has 0 aliphatic carbocycles. The highest BCUT2D eigenvalue weighted by Crippen LogP contribution is 2.33. The summed E-state index contributed by atoms with van der Waals surface area (Å²) in [5.41, 5.74) is 2.07. The van der Waals surface area contributed by atoms with Gasteiger partial charge in [0.2, 0.25) is 0 Å². The molecule has 0 aliphatic rings. The van der Waals surface area contributed by atoms with Crippen LogP contribution in [0, 0.1) is 0 Å². The Bertz CT molecular complexity index is 625. The molecule has 1 atom stereocenters. The molecule has 1 aromatic heterocycles. The van der Waals surface area contributed by atoms with Crippen LogP contribution < -0.4 is 5.32 Å². The fourth-order valence-electron chi connectivity index (χ4n) is 2.30. The Morgan fingerprint density at radius 2 is 2.00 bits per heavy atom. The summed E-state index contributed by atoms with van der Waals surface area (Å²) < 4.78 is 2.83. The summed E-state index contributed by atoms with van der Waals surface area (Å²) >= 11 is 15.9. The standard InChI is InChI=1S/C15H18BrCl2N3/c1-4-19-14(10-5-6-12(17)11(16)7-10)15-13(18)8-20-21(15)9(2)3/h5-9,14,19H,4H2,1-3H3. The van der Waals surface area contributed by atoms with Gasteiger partial charge in [-0.15, -0.1) is 0 Å². The van der Waals surface area contributed by atoms with Gasteiger partial charge in [0.05, 0.1) is 28.0 Å². The zero-order valence-corrected chi connectivity index (χ0v) is 15.3. The lowest BCUT2D eigenvalue weighted by Crippen LogP contribution is -2.26. The summed E-state index contributed by atoms with van der Waals surface area (Å²) in [7, 11) is 0. The first kappa shape index (κ1) is 16.8. The Balaban J connectivity index is 2.53. The third-order valence-electron chi connectivity index (χ3n) is 3.23. The molecule has 0 bridgehead atoms. The van der Waals surface area contributed by atoms with Crippen molar-refractivity contribution in [2.45, 2.75) is 32.9 Å². The van der Waals surface area contributed by atoms with E-state index in [-0.39, 0.29) is 12.1 Å². The zero-order valence-electron chi connectivity index (χ0n) is 12.2. The normalized spacial score (nSPS) is 12.9. The van der Waals surface area contributed by atoms with Crippen molar-refractivity contribution in [1.82, 2.24) is 15.1 Å². The number of hydrogen-bond acceptors (Lipinski definition) is 2. The highest BCUT2D eigenvalue weighted by atomic mass is 79.9. The molecular weight excluding hydrogens is 373 g/mol. The number of hydrogen-bond donors (Lipinski definition) is 1. The molecule has 3 nitrogen and oxygen atoms in total. The van der Waals surface area contributed by atoms with E-state index >= 15 is 0 Å². The van der Waals surface area contributed by atoms with Crippen LogP contribution in [0.5, 0.6) is 0 Å². The molecule has 114 valence electrons. The van der Waals surface area contributed by atoms with Crippen molar-refractivity contribution < 1.29 is 0 Å². The highest BCUT2D eigenvalue weighted by molar-refractivity contribution is 9.10. The Labute approximate surface area is 143 Å². The van der Waals surface area contributed by atoms with Gasteiger partial charge < -0.3 is 5.32 Å². The monoisotopic (exact) mass is 389 g/mol. The summed E-state index contributed by atoms with van der Waals surface area (Å²) in [5, 5.41) is 9.23. The number of aromatic nitrogens is 2. The van der Waals surface area contributed by atoms with Crippen LogP contribution in [0.15, 0.2) is 28.9 Å². The number of nitrogens with zero attached hydrogens (tertiary/aromatic N) is 2. The Hall–Kier alpha value is -0.550. The number of rotatable bonds is 5. The summed E-state index contributed by atoms with van der Waals surface area (Å²) in [5.74, 6) is 0. The molecule has 0 fully saturated rings. The average Bonchev–Trinajstić information content (AvgIpc) is 2.81. The van der Waals surface area contributed by atoms with E-state index in [0.29, 0.717) is 10.0 Å². The second kappa shape index (κ2) is 7.14. The van der Waals surface area contributed by atoms with Crippen LogP contribution in [0.2, 0.25) is 10.0 Å². The van der Waals surface area contributed by atoms with E-state index in [2.05, 4.69) is 47.1 Å². The summed E-state index contributed by atoms with van der Waals surface area (Å²) in [6, 6.07) is 6.12. The van der Waals surface area contributed by atoms with E-state index in [1.165, 1.54) is 0 Å². The van der Waals surface area contributed by atoms with E-state index in [1.54, 1.807) is 6.20 Å². The molecule has 1 heterocycles. The second-order valence-electron chi connectivity index (χ2n) is 5.08. The van der Waals surface area contributed by atoms with Crippen molar-refractivity contribution >= 4 is 39.1 Å². The Morgan fingerprint density at radius 1 is 1.29 bits per heavy atom. The Kier molecular flexibility index (Phi) is 5.72. The van der Waals surface area contributed by atoms with Crippen LogP contribution in [0.3, 0.4) is 0 Å². The van der Waals surface area contributed by atoms with Crippen molar-refractivity contribution in [3.05, 3.63) is 50.2 Å². The third kappa shape index (κ3) is 3.62. The van der Waals surface area contributed by atoms with Gasteiger partial charge in [-0.05, 0) is 54.0 Å². The van der Waals surface area contributed by atoms with Gasteiger partial charge in [-0.3, -0.25) is 4.68 Å². The fraction of sp³-hybridized carbons (Fsp3) is 0.400. The average molecular weight is 391 g/mol. The first-order chi connectivity index (χ1) is 9.95. The molecule has 0 spiro atoms. The molecule has 1 unspecified atom stereocenters. The van der Waals surface area contributed by atoms with E-state index in [4.69, 9.17) is 23.2 Å². The van der Waals surface area contributed by atoms with Crippen molar-refractivity contribution in [1.29, 1.82) is 0 Å². The van der Waals surface area contributed by atoms with Crippen LogP contribution in [-0.4, -0.2) is 16.3 Å². The van der Waals surface area contributed by atoms with Gasteiger partial charge in [0.1, 0.15) is 0 Å². The van der Waals surface area contributed by atoms with Crippen molar-refractivity contribution in [2.24, 2.45) is 0 Å². The van der Waals surface area contributed by atoms with E-state index in [0.717, 1.165) is 22.3 Å². The summed E-state index contributed by atoms with van der Waals surface area (Å²) in [4.78, 5) is 0. The molecule has 2 aromatic rings. The van der Waals surface area contributed by atoms with Gasteiger partial charge in [0.25, 0.3) is 0 Å². The predicted molar refractivity (Wildman–Crippen MR) is 92.3 cm³/mol. The minimum atomic E-state index is -0.0269. The molecule has 0 radical (unpaired) electrons. The second-order valence-corrected chi connectivity index (χ2v) is 6.75. The van der Waals surface area contributed by atoms with E-state index in [9.17, 15) is 0 Å². The lowest BCUT2D eigenvalue weighted by molar-refractivity contribution is 0.476. The van der Waals surface area contributed by atoms with Crippen molar-refractivity contribution in [3.63, 3.8) is 0 Å². The third-order valence-corrected chi connectivity index (χ3v) is 4.74. The molecule has 0 saturated carbocycles. The Morgan fingerprint density at radius 3 is 2.57 bits per heavy atom. The molecule has 0 amide bonds. The maximum Gasteiger partial charge on any atom is 0.0837 e. The van der Waals surface area contributed by atoms with Gasteiger partial charge in [0, 0.05) is 10.5 Å². The quantitative estimate of drug-likeness (QED) is 0.757. The number of halogens is 3. The lowest BCUT2D eigenvalue weighted by Gasteiger charge is -2.22. The lowest BCUT2D eigenvalue weighted by atomic mass is 10.0. The molecular formula is C15H18BrCl2N3. The van der Waals surface area contributed by atoms with Crippen LogP contribution in [0.25, 0.3) is 0 Å². The van der Waals surface area contributed by atoms with E-state index in [1.807, 2.05) is 22.9 Å². The highest BCUT2D eigenvalue weighted by Gasteiger charge is 2.23. The minimum absolute atomic E-state index is 0.0269. The molecule has 6 heteroatoms. The van der Waals surface area contributed by atoms with Gasteiger partial charge in [0.15, 0.2) is 0 Å². The predicted octanol–water partition coefficient (Wildman–Crippen LogP) is 5.23. The van der Waals surface area contributed by atoms with Crippen LogP contribution >= 0.6 is 39.1 Å². The SMILES string of the molecule is CCNC(c1ccc(Cl)c(Br)c1)c1c(Cl)cnn1C(C)C. The van der Waals surface area contributed by atoms with Gasteiger partial charge in [-0.1, -0.05) is 36.2 Å². The van der Waals surface area contributed by atoms with Crippen molar-refractivity contribution in [3.8, 4) is 0 Å². The smallest absolute Gasteiger partial charge is 0.0837 e. The zero-order chi connectivity index (χ0) is 15.6. The van der Waals surface area contributed by atoms with Gasteiger partial charge in [-0.25, -0.2) is 0 Å². The maximum atomic E-state index is 6.38. The van der Waals surface area contributed by atoms with Crippen LogP contribution in [0.4, 0.5) is 0 Å². The minimum Gasteiger partial charge on any atom is -0.305 e. The first-order valence-corrected chi connectivity index (χ1v) is 8.41. The number of nitrogens with one attached hydrogen (secondary N) is 1. The van der Waals surface area contributed by atoms with Crippen LogP contribution in [0.1, 0.15) is 44.1 Å². The largest absolute Gasteiger partial charge is 0.305 e. The topological polar surface area (TPSA) is 29.9 Å². The number of benzene rings is 1. The molecule has 1 aromatic carbocycles.